The van der Waals surface area contributed by atoms with Crippen LogP contribution in [0, 0.1) is 10.1 Å². The van der Waals surface area contributed by atoms with Crippen LogP contribution in [0.3, 0.4) is 0 Å². The van der Waals surface area contributed by atoms with Crippen molar-refractivity contribution < 1.29 is 14.5 Å². The molecule has 0 radical (unpaired) electrons. The number of non-ortho nitro benzene ring substituents is 1. The van der Waals surface area contributed by atoms with E-state index in [2.05, 4.69) is 5.32 Å². The van der Waals surface area contributed by atoms with Gasteiger partial charge in [-0.25, -0.2) is 0 Å². The van der Waals surface area contributed by atoms with Gasteiger partial charge in [-0.3, -0.25) is 19.7 Å². The van der Waals surface area contributed by atoms with Crippen LogP contribution >= 0.6 is 11.8 Å². The summed E-state index contributed by atoms with van der Waals surface area (Å²) in [7, 11) is 0. The molecule has 0 fully saturated rings. The highest BCUT2D eigenvalue weighted by Gasteiger charge is 2.26. The first-order valence-electron chi connectivity index (χ1n) is 9.26. The lowest BCUT2D eigenvalue weighted by molar-refractivity contribution is -0.384. The monoisotopic (exact) mass is 419 g/mol. The van der Waals surface area contributed by atoms with Crippen LogP contribution < -0.4 is 10.2 Å². The number of benzene rings is 3. The average molecular weight is 419 g/mol. The van der Waals surface area contributed by atoms with E-state index in [0.717, 1.165) is 15.5 Å². The Hall–Kier alpha value is -3.65. The molecule has 2 amide bonds. The quantitative estimate of drug-likeness (QED) is 0.476. The highest BCUT2D eigenvalue weighted by molar-refractivity contribution is 7.99. The predicted molar refractivity (Wildman–Crippen MR) is 115 cm³/mol. The van der Waals surface area contributed by atoms with E-state index < -0.39 is 10.8 Å². The Labute approximate surface area is 176 Å². The van der Waals surface area contributed by atoms with Gasteiger partial charge in [0.05, 0.1) is 16.2 Å². The lowest BCUT2D eigenvalue weighted by atomic mass is 10.1. The van der Waals surface area contributed by atoms with Crippen LogP contribution in [0.4, 0.5) is 17.1 Å². The fourth-order valence-electron chi connectivity index (χ4n) is 3.28. The average Bonchev–Trinajstić information content (AvgIpc) is 2.87. The van der Waals surface area contributed by atoms with E-state index in [1.54, 1.807) is 17.0 Å². The van der Waals surface area contributed by atoms with Crippen molar-refractivity contribution in [2.24, 2.45) is 0 Å². The van der Waals surface area contributed by atoms with Gasteiger partial charge in [-0.2, -0.15) is 0 Å². The van der Waals surface area contributed by atoms with Crippen molar-refractivity contribution in [1.82, 2.24) is 0 Å². The number of nitro benzene ring substituents is 1. The van der Waals surface area contributed by atoms with E-state index in [1.165, 1.54) is 36.0 Å². The van der Waals surface area contributed by atoms with E-state index in [0.29, 0.717) is 17.8 Å². The number of anilines is 2. The van der Waals surface area contributed by atoms with Gasteiger partial charge in [0.2, 0.25) is 0 Å². The van der Waals surface area contributed by atoms with Gasteiger partial charge in [-0.05, 0) is 43.3 Å². The van der Waals surface area contributed by atoms with Crippen molar-refractivity contribution in [1.29, 1.82) is 0 Å². The number of nitrogens with zero attached hydrogens (tertiary/aromatic N) is 2. The Morgan fingerprint density at radius 3 is 2.63 bits per heavy atom. The van der Waals surface area contributed by atoms with Gasteiger partial charge in [0.15, 0.2) is 0 Å². The summed E-state index contributed by atoms with van der Waals surface area (Å²) >= 11 is 1.47. The van der Waals surface area contributed by atoms with Gasteiger partial charge in [0.1, 0.15) is 0 Å². The smallest absolute Gasteiger partial charge is 0.270 e. The van der Waals surface area contributed by atoms with Crippen LogP contribution in [0.2, 0.25) is 0 Å². The lowest BCUT2D eigenvalue weighted by Gasteiger charge is -2.21. The Balaban J connectivity index is 1.67. The summed E-state index contributed by atoms with van der Waals surface area (Å²) < 4.78 is 0. The maximum absolute atomic E-state index is 13.0. The van der Waals surface area contributed by atoms with E-state index >= 15 is 0 Å². The summed E-state index contributed by atoms with van der Waals surface area (Å²) in [5.74, 6) is -0.506. The summed E-state index contributed by atoms with van der Waals surface area (Å²) in [6, 6.07) is 18.3. The Morgan fingerprint density at radius 2 is 1.87 bits per heavy atom. The molecule has 0 unspecified atom stereocenters. The maximum atomic E-state index is 13.0. The number of rotatable bonds is 4. The highest BCUT2D eigenvalue weighted by atomic mass is 32.2. The van der Waals surface area contributed by atoms with Crippen LogP contribution in [0.1, 0.15) is 27.6 Å². The highest BCUT2D eigenvalue weighted by Crippen LogP contribution is 2.42. The second-order valence-electron chi connectivity index (χ2n) is 6.59. The van der Waals surface area contributed by atoms with Gasteiger partial charge in [-0.1, -0.05) is 30.0 Å². The summed E-state index contributed by atoms with van der Waals surface area (Å²) in [5, 5.41) is 13.7. The third-order valence-corrected chi connectivity index (χ3v) is 5.85. The van der Waals surface area contributed by atoms with Gasteiger partial charge in [0.25, 0.3) is 17.5 Å². The molecule has 1 heterocycles. The molecule has 0 saturated heterocycles. The summed E-state index contributed by atoms with van der Waals surface area (Å²) in [4.78, 5) is 39.4. The van der Waals surface area contributed by atoms with Crippen molar-refractivity contribution in [3.63, 3.8) is 0 Å². The number of hydrogen-bond acceptors (Lipinski definition) is 5. The third kappa shape index (κ3) is 3.65. The first kappa shape index (κ1) is 19.7. The molecule has 0 spiro atoms. The van der Waals surface area contributed by atoms with Crippen molar-refractivity contribution in [2.75, 3.05) is 16.8 Å². The largest absolute Gasteiger partial charge is 0.322 e. The van der Waals surface area contributed by atoms with E-state index in [1.807, 2.05) is 37.3 Å². The minimum atomic E-state index is -0.538. The van der Waals surface area contributed by atoms with E-state index in [9.17, 15) is 19.7 Å². The van der Waals surface area contributed by atoms with Crippen LogP contribution in [-0.4, -0.2) is 23.3 Å². The van der Waals surface area contributed by atoms with Crippen LogP contribution in [-0.2, 0) is 0 Å². The summed E-state index contributed by atoms with van der Waals surface area (Å²) in [6.07, 6.45) is 0. The molecule has 1 aliphatic heterocycles. The van der Waals surface area contributed by atoms with E-state index in [4.69, 9.17) is 0 Å². The minimum Gasteiger partial charge on any atom is -0.322 e. The zero-order valence-corrected chi connectivity index (χ0v) is 16.8. The van der Waals surface area contributed by atoms with Gasteiger partial charge in [0, 0.05) is 39.7 Å². The molecule has 8 heteroatoms. The molecule has 0 aliphatic carbocycles. The molecule has 30 heavy (non-hydrogen) atoms. The van der Waals surface area contributed by atoms with Gasteiger partial charge >= 0.3 is 0 Å². The molecule has 0 bridgehead atoms. The molecule has 3 aromatic rings. The number of fused-ring (bicyclic) bond motifs is 2. The second kappa shape index (κ2) is 8.00. The van der Waals surface area contributed by atoms with Gasteiger partial charge in [-0.15, -0.1) is 0 Å². The molecule has 4 rings (SSSR count). The molecule has 150 valence electrons. The fraction of sp³-hybridized carbons (Fsp3) is 0.0909. The number of carbonyl (C=O) groups is 2. The number of carbonyl (C=O) groups excluding carboxylic acids is 2. The van der Waals surface area contributed by atoms with Crippen molar-refractivity contribution in [3.05, 3.63) is 88.0 Å². The van der Waals surface area contributed by atoms with Crippen LogP contribution in [0.5, 0.6) is 0 Å². The predicted octanol–water partition coefficient (Wildman–Crippen LogP) is 4.98. The zero-order chi connectivity index (χ0) is 21.3. The molecule has 1 N–H and O–H groups in total. The van der Waals surface area contributed by atoms with Crippen molar-refractivity contribution >= 4 is 40.6 Å². The molecule has 0 aromatic heterocycles. The molecule has 0 atom stereocenters. The topological polar surface area (TPSA) is 92.6 Å². The number of nitrogens with one attached hydrogen (secondary N) is 1. The maximum Gasteiger partial charge on any atom is 0.270 e. The number of hydrogen-bond donors (Lipinski definition) is 1. The SMILES string of the molecule is CCN1C(=O)c2ccccc2Sc2cc(NC(=O)c3cccc([N+](=O)[O-])c3)ccc21. The Bertz CT molecular complexity index is 1180. The molecular weight excluding hydrogens is 402 g/mol. The Morgan fingerprint density at radius 1 is 1.07 bits per heavy atom. The first-order valence-corrected chi connectivity index (χ1v) is 10.1. The molecule has 0 saturated carbocycles. The summed E-state index contributed by atoms with van der Waals surface area (Å²) in [5.41, 5.74) is 2.01. The molecule has 1 aliphatic rings. The fourth-order valence-corrected chi connectivity index (χ4v) is 4.40. The lowest BCUT2D eigenvalue weighted by Crippen LogP contribution is -2.30. The number of nitro groups is 1. The Kier molecular flexibility index (Phi) is 5.24. The normalized spacial score (nSPS) is 12.6. The van der Waals surface area contributed by atoms with Gasteiger partial charge < -0.3 is 10.2 Å². The first-order chi connectivity index (χ1) is 14.5. The minimum absolute atomic E-state index is 0.0623. The molecular formula is C22H17N3O4S. The zero-order valence-electron chi connectivity index (χ0n) is 16.0. The molecule has 7 nitrogen and oxygen atoms in total. The number of amides is 2. The third-order valence-electron chi connectivity index (χ3n) is 4.73. The van der Waals surface area contributed by atoms with Crippen molar-refractivity contribution in [2.45, 2.75) is 16.7 Å². The van der Waals surface area contributed by atoms with Crippen LogP contribution in [0.15, 0.2) is 76.5 Å². The second-order valence-corrected chi connectivity index (χ2v) is 7.68. The standard InChI is InChI=1S/C22H17N3O4S/c1-2-24-18-11-10-15(23-21(26)14-6-5-7-16(12-14)25(28)29)13-20(18)30-19-9-4-3-8-17(19)22(24)27/h3-13H,2H2,1H3,(H,23,26). The summed E-state index contributed by atoms with van der Waals surface area (Å²) in [6.45, 7) is 2.43. The van der Waals surface area contributed by atoms with Crippen molar-refractivity contribution in [3.8, 4) is 0 Å². The van der Waals surface area contributed by atoms with Crippen LogP contribution in [0.25, 0.3) is 0 Å². The van der Waals surface area contributed by atoms with E-state index in [-0.39, 0.29) is 17.2 Å². The molecule has 3 aromatic carbocycles.